The molecule has 0 fully saturated rings. The van der Waals surface area contributed by atoms with Crippen LogP contribution in [0.1, 0.15) is 22.5 Å². The Morgan fingerprint density at radius 3 is 2.87 bits per heavy atom. The Hall–Kier alpha value is -3.64. The number of halogens is 1. The second-order valence-electron chi connectivity index (χ2n) is 6.38. The number of benzene rings is 1. The monoisotopic (exact) mass is 428 g/mol. The highest BCUT2D eigenvalue weighted by atomic mass is 35.5. The molecule has 0 aliphatic heterocycles. The molecule has 0 saturated heterocycles. The van der Waals surface area contributed by atoms with Gasteiger partial charge in [-0.05, 0) is 25.1 Å². The van der Waals surface area contributed by atoms with Gasteiger partial charge in [0.1, 0.15) is 23.0 Å². The number of furan rings is 1. The topological polar surface area (TPSA) is 118 Å². The molecule has 0 spiro atoms. The highest BCUT2D eigenvalue weighted by molar-refractivity contribution is 6.30. The molecule has 10 heteroatoms. The number of aryl methyl sites for hydroxylation is 2. The summed E-state index contributed by atoms with van der Waals surface area (Å²) in [6.45, 7) is 1.01. The third-order valence-corrected chi connectivity index (χ3v) is 4.58. The van der Waals surface area contributed by atoms with E-state index in [9.17, 15) is 14.4 Å². The zero-order valence-electron chi connectivity index (χ0n) is 16.2. The van der Waals surface area contributed by atoms with E-state index in [1.165, 1.54) is 29.8 Å². The quantitative estimate of drug-likeness (QED) is 0.553. The van der Waals surface area contributed by atoms with E-state index in [4.69, 9.17) is 26.0 Å². The molecule has 0 atom stereocenters. The highest BCUT2D eigenvalue weighted by Crippen LogP contribution is 2.23. The number of nitrogens with zero attached hydrogens (tertiary/aromatic N) is 4. The summed E-state index contributed by atoms with van der Waals surface area (Å²) in [7, 11) is 1.49. The van der Waals surface area contributed by atoms with E-state index in [1.807, 2.05) is 6.07 Å². The summed E-state index contributed by atoms with van der Waals surface area (Å²) in [4.78, 5) is 43.0. The Morgan fingerprint density at radius 1 is 1.40 bits per heavy atom. The number of carbonyl (C=O) groups is 2. The Balaban J connectivity index is 1.82. The number of amides is 1. The van der Waals surface area contributed by atoms with Crippen molar-refractivity contribution in [1.29, 1.82) is 5.26 Å². The fourth-order valence-electron chi connectivity index (χ4n) is 2.91. The van der Waals surface area contributed by atoms with Crippen LogP contribution in [0.5, 0.6) is 0 Å². The third-order valence-electron chi connectivity index (χ3n) is 4.35. The van der Waals surface area contributed by atoms with Crippen molar-refractivity contribution in [3.05, 3.63) is 57.3 Å². The van der Waals surface area contributed by atoms with E-state index in [0.717, 1.165) is 0 Å². The van der Waals surface area contributed by atoms with Gasteiger partial charge in [-0.25, -0.2) is 9.78 Å². The van der Waals surface area contributed by atoms with Gasteiger partial charge in [0, 0.05) is 24.3 Å². The van der Waals surface area contributed by atoms with E-state index in [1.54, 1.807) is 24.3 Å². The second-order valence-corrected chi connectivity index (χ2v) is 6.82. The normalized spacial score (nSPS) is 10.6. The molecule has 0 N–H and O–H groups in total. The fraction of sp³-hybridized carbons (Fsp3) is 0.250. The second kappa shape index (κ2) is 8.80. The lowest BCUT2D eigenvalue weighted by Crippen LogP contribution is -2.35. The summed E-state index contributed by atoms with van der Waals surface area (Å²) in [6, 6.07) is 8.52. The van der Waals surface area contributed by atoms with E-state index in [2.05, 4.69) is 4.98 Å². The number of aromatic nitrogens is 2. The fourth-order valence-corrected chi connectivity index (χ4v) is 3.10. The smallest absolute Gasteiger partial charge is 0.343 e. The van der Waals surface area contributed by atoms with Gasteiger partial charge in [0.05, 0.1) is 12.5 Å². The Labute approximate surface area is 176 Å². The van der Waals surface area contributed by atoms with Crippen LogP contribution in [0.3, 0.4) is 0 Å². The Morgan fingerprint density at radius 2 is 2.17 bits per heavy atom. The lowest BCUT2D eigenvalue weighted by atomic mass is 10.2. The predicted octanol–water partition coefficient (Wildman–Crippen LogP) is 2.59. The van der Waals surface area contributed by atoms with Gasteiger partial charge in [-0.15, -0.1) is 0 Å². The van der Waals surface area contributed by atoms with Gasteiger partial charge in [-0.1, -0.05) is 17.7 Å². The van der Waals surface area contributed by atoms with Crippen LogP contribution >= 0.6 is 11.6 Å². The number of rotatable bonds is 6. The molecule has 1 amide bonds. The summed E-state index contributed by atoms with van der Waals surface area (Å²) in [5, 5.41) is 9.29. The van der Waals surface area contributed by atoms with Crippen LogP contribution in [-0.2, 0) is 16.6 Å². The van der Waals surface area contributed by atoms with Crippen LogP contribution in [-0.4, -0.2) is 34.6 Å². The van der Waals surface area contributed by atoms with Crippen LogP contribution in [0.25, 0.3) is 11.1 Å². The average Bonchev–Trinajstić information content (AvgIpc) is 3.06. The standard InChI is InChI=1S/C20H17ClN4O5/c1-12-16(17-18(30-12)23-11-24(2)19(17)27)20(28)29-10-15(26)25(8-4-7-22)14-6-3-5-13(21)9-14/h3,5-6,9,11H,4,8,10H2,1-2H3. The molecule has 0 aliphatic rings. The van der Waals surface area contributed by atoms with Crippen molar-refractivity contribution in [2.24, 2.45) is 7.05 Å². The van der Waals surface area contributed by atoms with E-state index in [0.29, 0.717) is 10.7 Å². The zero-order valence-corrected chi connectivity index (χ0v) is 17.0. The molecule has 154 valence electrons. The number of nitriles is 1. The zero-order chi connectivity index (χ0) is 21.8. The number of ether oxygens (including phenoxy) is 1. The van der Waals surface area contributed by atoms with Gasteiger partial charge in [0.15, 0.2) is 6.61 Å². The molecule has 0 bridgehead atoms. The van der Waals surface area contributed by atoms with Crippen LogP contribution in [0.2, 0.25) is 5.02 Å². The average molecular weight is 429 g/mol. The first kappa shape index (κ1) is 21.1. The molecule has 30 heavy (non-hydrogen) atoms. The lowest BCUT2D eigenvalue weighted by molar-refractivity contribution is -0.121. The molecule has 3 aromatic rings. The number of esters is 1. The van der Waals surface area contributed by atoms with Crippen molar-refractivity contribution in [2.75, 3.05) is 18.1 Å². The molecular weight excluding hydrogens is 412 g/mol. The first-order valence-corrected chi connectivity index (χ1v) is 9.26. The van der Waals surface area contributed by atoms with Crippen LogP contribution in [0.15, 0.2) is 39.8 Å². The summed E-state index contributed by atoms with van der Waals surface area (Å²) < 4.78 is 11.7. The van der Waals surface area contributed by atoms with E-state index >= 15 is 0 Å². The van der Waals surface area contributed by atoms with Gasteiger partial charge in [-0.3, -0.25) is 9.59 Å². The van der Waals surface area contributed by atoms with Crippen LogP contribution < -0.4 is 10.5 Å². The Kier molecular flexibility index (Phi) is 6.18. The molecule has 2 aromatic heterocycles. The molecule has 0 saturated carbocycles. The number of hydrogen-bond donors (Lipinski definition) is 0. The molecule has 9 nitrogen and oxygen atoms in total. The van der Waals surface area contributed by atoms with Gasteiger partial charge in [-0.2, -0.15) is 5.26 Å². The molecule has 0 radical (unpaired) electrons. The number of anilines is 1. The summed E-state index contributed by atoms with van der Waals surface area (Å²) in [6.07, 6.45) is 1.36. The van der Waals surface area contributed by atoms with Gasteiger partial charge in [0.25, 0.3) is 11.5 Å². The molecule has 1 aromatic carbocycles. The van der Waals surface area contributed by atoms with Crippen molar-refractivity contribution in [2.45, 2.75) is 13.3 Å². The molecule has 0 aliphatic carbocycles. The summed E-state index contributed by atoms with van der Waals surface area (Å²) >= 11 is 5.99. The maximum absolute atomic E-state index is 12.7. The maximum Gasteiger partial charge on any atom is 0.343 e. The predicted molar refractivity (Wildman–Crippen MR) is 108 cm³/mol. The number of fused-ring (bicyclic) bond motifs is 1. The summed E-state index contributed by atoms with van der Waals surface area (Å²) in [5.74, 6) is -1.26. The van der Waals surface area contributed by atoms with Crippen LogP contribution in [0.4, 0.5) is 5.69 Å². The minimum absolute atomic E-state index is 0.00822. The lowest BCUT2D eigenvalue weighted by Gasteiger charge is -2.21. The number of hydrogen-bond acceptors (Lipinski definition) is 7. The summed E-state index contributed by atoms with van der Waals surface area (Å²) in [5.41, 5.74) is -0.0483. The minimum Gasteiger partial charge on any atom is -0.452 e. The third kappa shape index (κ3) is 4.18. The van der Waals surface area contributed by atoms with Crippen molar-refractivity contribution in [1.82, 2.24) is 9.55 Å². The van der Waals surface area contributed by atoms with Gasteiger partial charge in [0.2, 0.25) is 5.71 Å². The van der Waals surface area contributed by atoms with Crippen molar-refractivity contribution < 1.29 is 18.7 Å². The first-order chi connectivity index (χ1) is 14.3. The molecule has 0 unspecified atom stereocenters. The van der Waals surface area contributed by atoms with Gasteiger partial charge < -0.3 is 18.6 Å². The molecular formula is C20H17ClN4O5. The van der Waals surface area contributed by atoms with Crippen molar-refractivity contribution in [3.8, 4) is 6.07 Å². The van der Waals surface area contributed by atoms with E-state index in [-0.39, 0.29) is 35.4 Å². The van der Waals surface area contributed by atoms with Crippen molar-refractivity contribution >= 4 is 40.3 Å². The SMILES string of the molecule is Cc1oc2ncn(C)c(=O)c2c1C(=O)OCC(=O)N(CCC#N)c1cccc(Cl)c1. The van der Waals surface area contributed by atoms with Gasteiger partial charge >= 0.3 is 5.97 Å². The first-order valence-electron chi connectivity index (χ1n) is 8.88. The highest BCUT2D eigenvalue weighted by Gasteiger charge is 2.25. The minimum atomic E-state index is -0.879. The van der Waals surface area contributed by atoms with Crippen LogP contribution in [0, 0.1) is 18.3 Å². The maximum atomic E-state index is 12.7. The molecule has 3 rings (SSSR count). The van der Waals surface area contributed by atoms with E-state index < -0.39 is 24.0 Å². The molecule has 2 heterocycles. The Bertz CT molecular complexity index is 1220. The van der Waals surface area contributed by atoms with Crippen molar-refractivity contribution in [3.63, 3.8) is 0 Å². The number of carbonyl (C=O) groups excluding carboxylic acids is 2. The largest absolute Gasteiger partial charge is 0.452 e.